The summed E-state index contributed by atoms with van der Waals surface area (Å²) < 4.78 is 0. The average molecular weight is 121 g/mol. The van der Waals surface area contributed by atoms with Crippen molar-refractivity contribution in [2.24, 2.45) is 4.99 Å². The second kappa shape index (κ2) is 1.76. The zero-order valence-corrected chi connectivity index (χ0v) is 4.91. The molecule has 0 aromatic heterocycles. The lowest BCUT2D eigenvalue weighted by molar-refractivity contribution is 0.460. The van der Waals surface area contributed by atoms with Crippen molar-refractivity contribution >= 4 is 6.34 Å². The van der Waals surface area contributed by atoms with Crippen molar-refractivity contribution in [1.82, 2.24) is 10.2 Å². The molecule has 2 aliphatic rings. The Kier molecular flexibility index (Phi) is 0.946. The van der Waals surface area contributed by atoms with Gasteiger partial charge in [0.15, 0.2) is 0 Å². The monoisotopic (exact) mass is 121 g/mol. The number of hydrogen-bond donors (Lipinski definition) is 1. The summed E-state index contributed by atoms with van der Waals surface area (Å²) in [5, 5.41) is 2.90. The van der Waals surface area contributed by atoms with Crippen LogP contribution in [0.5, 0.6) is 0 Å². The van der Waals surface area contributed by atoms with Gasteiger partial charge in [-0.25, -0.2) is 0 Å². The molecule has 2 rings (SSSR count). The normalized spacial score (nSPS) is 30.2. The summed E-state index contributed by atoms with van der Waals surface area (Å²) in [6.07, 6.45) is 5.63. The van der Waals surface area contributed by atoms with Crippen molar-refractivity contribution in [3.05, 3.63) is 18.9 Å². The highest BCUT2D eigenvalue weighted by atomic mass is 15.3. The van der Waals surface area contributed by atoms with Crippen LogP contribution in [0.1, 0.15) is 0 Å². The smallest absolute Gasteiger partial charge is 0.115 e. The highest BCUT2D eigenvalue weighted by Crippen LogP contribution is 2.09. The molecular weight excluding hydrogens is 114 g/mol. The minimum absolute atomic E-state index is 0.329. The molecule has 0 aliphatic carbocycles. The predicted octanol–water partition coefficient (Wildman–Crippen LogP) is -0.188. The van der Waals surface area contributed by atoms with Crippen LogP contribution in [0.25, 0.3) is 0 Å². The first kappa shape index (κ1) is 4.85. The van der Waals surface area contributed by atoms with Gasteiger partial charge < -0.3 is 10.2 Å². The highest BCUT2D eigenvalue weighted by Gasteiger charge is 2.20. The van der Waals surface area contributed by atoms with E-state index in [0.29, 0.717) is 6.04 Å². The number of rotatable bonds is 0. The Bertz CT molecular complexity index is 162. The summed E-state index contributed by atoms with van der Waals surface area (Å²) >= 11 is 0. The van der Waals surface area contributed by atoms with Gasteiger partial charge in [0.1, 0.15) is 6.54 Å². The Morgan fingerprint density at radius 2 is 2.78 bits per heavy atom. The Morgan fingerprint density at radius 1 is 1.78 bits per heavy atom. The molecule has 0 saturated carbocycles. The molecule has 0 aromatic rings. The van der Waals surface area contributed by atoms with Crippen LogP contribution < -0.4 is 5.32 Å². The molecule has 1 N–H and O–H groups in total. The third kappa shape index (κ3) is 0.686. The molecule has 3 nitrogen and oxygen atoms in total. The van der Waals surface area contributed by atoms with Crippen LogP contribution in [-0.4, -0.2) is 23.8 Å². The number of nitrogens with one attached hydrogen (secondary N) is 1. The zero-order valence-electron chi connectivity index (χ0n) is 4.91. The van der Waals surface area contributed by atoms with E-state index in [1.165, 1.54) is 0 Å². The van der Waals surface area contributed by atoms with Crippen molar-refractivity contribution in [2.45, 2.75) is 6.04 Å². The summed E-state index contributed by atoms with van der Waals surface area (Å²) in [4.78, 5) is 6.10. The summed E-state index contributed by atoms with van der Waals surface area (Å²) in [6, 6.07) is 0.329. The Balaban J connectivity index is 2.17. The van der Waals surface area contributed by atoms with Crippen LogP contribution in [0, 0.1) is 6.54 Å². The van der Waals surface area contributed by atoms with Crippen LogP contribution in [0.15, 0.2) is 17.4 Å². The summed E-state index contributed by atoms with van der Waals surface area (Å²) in [6.45, 7) is 3.88. The third-order valence-electron chi connectivity index (χ3n) is 1.43. The zero-order chi connectivity index (χ0) is 6.10. The van der Waals surface area contributed by atoms with Gasteiger partial charge in [-0.05, 0) is 0 Å². The molecule has 0 bridgehead atoms. The number of nitrogens with zero attached hydrogens (tertiary/aromatic N) is 2. The number of aliphatic imine (C=N–C) groups is 1. The second-order valence-corrected chi connectivity index (χ2v) is 2.05. The van der Waals surface area contributed by atoms with Crippen LogP contribution in [0.4, 0.5) is 0 Å². The first-order valence-electron chi connectivity index (χ1n) is 2.92. The van der Waals surface area contributed by atoms with Crippen LogP contribution >= 0.6 is 0 Å². The molecule has 2 aliphatic heterocycles. The van der Waals surface area contributed by atoms with Crippen LogP contribution in [0.2, 0.25) is 0 Å². The van der Waals surface area contributed by atoms with Gasteiger partial charge in [0.05, 0.1) is 18.9 Å². The maximum Gasteiger partial charge on any atom is 0.115 e. The van der Waals surface area contributed by atoms with E-state index in [4.69, 9.17) is 0 Å². The maximum absolute atomic E-state index is 4.08. The minimum Gasteiger partial charge on any atom is -0.378 e. The first-order chi connectivity index (χ1) is 4.47. The SMILES string of the molecule is [C]1NC=CN2C=NCC12. The predicted molar refractivity (Wildman–Crippen MR) is 34.5 cm³/mol. The van der Waals surface area contributed by atoms with E-state index in [9.17, 15) is 0 Å². The van der Waals surface area contributed by atoms with Gasteiger partial charge in [-0.2, -0.15) is 0 Å². The van der Waals surface area contributed by atoms with E-state index in [0.717, 1.165) is 6.54 Å². The van der Waals surface area contributed by atoms with E-state index < -0.39 is 0 Å². The standard InChI is InChI=1S/C6H7N3/c1-2-9-5-8-4-6(9)3-7-1/h1-2,5-7H,4H2. The quantitative estimate of drug-likeness (QED) is 0.481. The third-order valence-corrected chi connectivity index (χ3v) is 1.43. The van der Waals surface area contributed by atoms with Gasteiger partial charge in [-0.1, -0.05) is 0 Å². The topological polar surface area (TPSA) is 27.6 Å². The Labute approximate surface area is 54.1 Å². The maximum atomic E-state index is 4.08. The molecule has 0 aromatic carbocycles. The molecule has 0 saturated heterocycles. The Morgan fingerprint density at radius 3 is 3.67 bits per heavy atom. The molecule has 0 fully saturated rings. The summed E-state index contributed by atoms with van der Waals surface area (Å²) in [5.74, 6) is 0. The van der Waals surface area contributed by atoms with Crippen molar-refractivity contribution in [3.8, 4) is 0 Å². The molecule has 3 heteroatoms. The fourth-order valence-corrected chi connectivity index (χ4v) is 0.946. The molecule has 0 amide bonds. The van der Waals surface area contributed by atoms with Gasteiger partial charge in [-0.3, -0.25) is 4.99 Å². The van der Waals surface area contributed by atoms with Crippen molar-refractivity contribution in [2.75, 3.05) is 6.54 Å². The van der Waals surface area contributed by atoms with Gasteiger partial charge in [0.25, 0.3) is 0 Å². The molecule has 9 heavy (non-hydrogen) atoms. The summed E-state index contributed by atoms with van der Waals surface area (Å²) in [5.41, 5.74) is 0. The molecule has 1 atom stereocenters. The molecule has 2 radical (unpaired) electrons. The van der Waals surface area contributed by atoms with Crippen molar-refractivity contribution in [3.63, 3.8) is 0 Å². The Hall–Kier alpha value is -0.990. The van der Waals surface area contributed by atoms with Gasteiger partial charge >= 0.3 is 0 Å². The van der Waals surface area contributed by atoms with E-state index in [2.05, 4.69) is 16.9 Å². The summed E-state index contributed by atoms with van der Waals surface area (Å²) in [7, 11) is 0. The first-order valence-corrected chi connectivity index (χ1v) is 2.92. The van der Waals surface area contributed by atoms with Crippen molar-refractivity contribution < 1.29 is 0 Å². The average Bonchev–Trinajstić information content (AvgIpc) is 2.33. The molecule has 2 heterocycles. The van der Waals surface area contributed by atoms with E-state index in [1.807, 2.05) is 23.6 Å². The number of fused-ring (bicyclic) bond motifs is 1. The van der Waals surface area contributed by atoms with Crippen LogP contribution in [-0.2, 0) is 0 Å². The van der Waals surface area contributed by atoms with Gasteiger partial charge in [0.2, 0.25) is 0 Å². The molecule has 1 unspecified atom stereocenters. The molecular formula is C6H7N3. The van der Waals surface area contributed by atoms with Crippen molar-refractivity contribution in [1.29, 1.82) is 0 Å². The van der Waals surface area contributed by atoms with Crippen LogP contribution in [0.3, 0.4) is 0 Å². The lowest BCUT2D eigenvalue weighted by Gasteiger charge is -2.22. The number of hydrogen-bond acceptors (Lipinski definition) is 3. The highest BCUT2D eigenvalue weighted by molar-refractivity contribution is 5.60. The molecule has 46 valence electrons. The van der Waals surface area contributed by atoms with Gasteiger partial charge in [-0.15, -0.1) is 0 Å². The molecule has 0 spiro atoms. The van der Waals surface area contributed by atoms with E-state index in [1.54, 1.807) is 0 Å². The van der Waals surface area contributed by atoms with E-state index in [-0.39, 0.29) is 0 Å². The minimum atomic E-state index is 0.329. The van der Waals surface area contributed by atoms with Gasteiger partial charge in [0, 0.05) is 12.4 Å². The largest absolute Gasteiger partial charge is 0.378 e. The lowest BCUT2D eigenvalue weighted by atomic mass is 10.2. The van der Waals surface area contributed by atoms with E-state index >= 15 is 0 Å². The lowest BCUT2D eigenvalue weighted by Crippen LogP contribution is -2.35. The fourth-order valence-electron chi connectivity index (χ4n) is 0.946. The second-order valence-electron chi connectivity index (χ2n) is 2.05. The fraction of sp³-hybridized carbons (Fsp3) is 0.333.